The monoisotopic (exact) mass is 255 g/mol. The Morgan fingerprint density at radius 2 is 2.06 bits per heavy atom. The lowest BCUT2D eigenvalue weighted by molar-refractivity contribution is 0.252. The number of amides is 2. The SMILES string of the molecule is O=C(NCCCCCCCl)Nc1ccccn1. The summed E-state index contributed by atoms with van der Waals surface area (Å²) in [6.45, 7) is 0.682. The van der Waals surface area contributed by atoms with Crippen LogP contribution < -0.4 is 10.6 Å². The molecule has 0 fully saturated rings. The maximum atomic E-state index is 11.4. The first-order valence-electron chi connectivity index (χ1n) is 5.85. The summed E-state index contributed by atoms with van der Waals surface area (Å²) in [7, 11) is 0. The Balaban J connectivity index is 2.06. The Bertz CT molecular complexity index is 319. The standard InChI is InChI=1S/C12H18ClN3O/c13-8-4-1-2-5-10-15-12(17)16-11-7-3-6-9-14-11/h3,6-7,9H,1-2,4-5,8,10H2,(H2,14,15,16,17). The molecule has 2 N–H and O–H groups in total. The highest BCUT2D eigenvalue weighted by Crippen LogP contribution is 2.01. The molecule has 0 saturated carbocycles. The summed E-state index contributed by atoms with van der Waals surface area (Å²) in [4.78, 5) is 15.4. The van der Waals surface area contributed by atoms with Gasteiger partial charge >= 0.3 is 6.03 Å². The number of carbonyl (C=O) groups excluding carboxylic acids is 1. The smallest absolute Gasteiger partial charge is 0.320 e. The molecular weight excluding hydrogens is 238 g/mol. The van der Waals surface area contributed by atoms with Crippen LogP contribution in [0.2, 0.25) is 0 Å². The normalized spacial score (nSPS) is 9.94. The van der Waals surface area contributed by atoms with Gasteiger partial charge in [0.25, 0.3) is 0 Å². The number of urea groups is 1. The minimum Gasteiger partial charge on any atom is -0.338 e. The van der Waals surface area contributed by atoms with Gasteiger partial charge in [-0.1, -0.05) is 18.9 Å². The van der Waals surface area contributed by atoms with Crippen molar-refractivity contribution < 1.29 is 4.79 Å². The first-order valence-corrected chi connectivity index (χ1v) is 6.38. The molecule has 1 heterocycles. The van der Waals surface area contributed by atoms with Gasteiger partial charge in [-0.05, 0) is 25.0 Å². The predicted octanol–water partition coefficient (Wildman–Crippen LogP) is 3.00. The molecule has 4 nitrogen and oxygen atoms in total. The molecule has 1 rings (SSSR count). The van der Waals surface area contributed by atoms with Gasteiger partial charge in [-0.25, -0.2) is 9.78 Å². The van der Waals surface area contributed by atoms with Gasteiger partial charge in [0.15, 0.2) is 0 Å². The van der Waals surface area contributed by atoms with Crippen LogP contribution >= 0.6 is 11.6 Å². The number of hydrogen-bond donors (Lipinski definition) is 2. The minimum absolute atomic E-state index is 0.207. The van der Waals surface area contributed by atoms with Gasteiger partial charge in [0.2, 0.25) is 0 Å². The molecule has 0 aliphatic heterocycles. The fourth-order valence-corrected chi connectivity index (χ4v) is 1.56. The molecule has 1 aromatic heterocycles. The van der Waals surface area contributed by atoms with Crippen molar-refractivity contribution in [1.29, 1.82) is 0 Å². The van der Waals surface area contributed by atoms with Gasteiger partial charge in [0, 0.05) is 18.6 Å². The van der Waals surface area contributed by atoms with E-state index in [-0.39, 0.29) is 6.03 Å². The number of pyridine rings is 1. The fourth-order valence-electron chi connectivity index (χ4n) is 1.37. The maximum Gasteiger partial charge on any atom is 0.320 e. The van der Waals surface area contributed by atoms with Crippen molar-refractivity contribution in [2.45, 2.75) is 25.7 Å². The number of rotatable bonds is 7. The number of halogens is 1. The van der Waals surface area contributed by atoms with Gasteiger partial charge in [0.05, 0.1) is 0 Å². The third kappa shape index (κ3) is 6.79. The number of aromatic nitrogens is 1. The van der Waals surface area contributed by atoms with Crippen molar-refractivity contribution in [1.82, 2.24) is 10.3 Å². The van der Waals surface area contributed by atoms with Crippen molar-refractivity contribution in [3.05, 3.63) is 24.4 Å². The van der Waals surface area contributed by atoms with E-state index >= 15 is 0 Å². The summed E-state index contributed by atoms with van der Waals surface area (Å²) in [6, 6.07) is 5.18. The molecule has 0 bridgehead atoms. The van der Waals surface area contributed by atoms with Crippen LogP contribution in [0.25, 0.3) is 0 Å². The molecule has 1 aromatic rings. The highest BCUT2D eigenvalue weighted by molar-refractivity contribution is 6.17. The van der Waals surface area contributed by atoms with Gasteiger partial charge in [-0.15, -0.1) is 11.6 Å². The van der Waals surface area contributed by atoms with E-state index in [9.17, 15) is 4.79 Å². The van der Waals surface area contributed by atoms with Gasteiger partial charge in [-0.2, -0.15) is 0 Å². The Labute approximate surface area is 107 Å². The molecule has 0 atom stereocenters. The van der Waals surface area contributed by atoms with Crippen LogP contribution in [0.5, 0.6) is 0 Å². The Hall–Kier alpha value is -1.29. The van der Waals surface area contributed by atoms with Crippen LogP contribution in [0, 0.1) is 0 Å². The quantitative estimate of drug-likeness (QED) is 0.581. The molecule has 0 spiro atoms. The number of carbonyl (C=O) groups is 1. The van der Waals surface area contributed by atoms with E-state index in [0.717, 1.165) is 25.7 Å². The van der Waals surface area contributed by atoms with Crippen LogP contribution in [-0.2, 0) is 0 Å². The van der Waals surface area contributed by atoms with Crippen LogP contribution in [-0.4, -0.2) is 23.4 Å². The van der Waals surface area contributed by atoms with E-state index in [4.69, 9.17) is 11.6 Å². The van der Waals surface area contributed by atoms with Crippen LogP contribution in [0.4, 0.5) is 10.6 Å². The van der Waals surface area contributed by atoms with E-state index in [1.54, 1.807) is 18.3 Å². The first kappa shape index (κ1) is 13.8. The molecule has 0 aliphatic rings. The van der Waals surface area contributed by atoms with Crippen LogP contribution in [0.1, 0.15) is 25.7 Å². The average molecular weight is 256 g/mol. The van der Waals surface area contributed by atoms with Crippen molar-refractivity contribution in [3.63, 3.8) is 0 Å². The molecule has 0 aromatic carbocycles. The molecule has 17 heavy (non-hydrogen) atoms. The average Bonchev–Trinajstić information content (AvgIpc) is 2.35. The number of unbranched alkanes of at least 4 members (excludes halogenated alkanes) is 3. The highest BCUT2D eigenvalue weighted by Gasteiger charge is 2.00. The molecular formula is C12H18ClN3O. The zero-order valence-corrected chi connectivity index (χ0v) is 10.5. The number of alkyl halides is 1. The summed E-state index contributed by atoms with van der Waals surface area (Å²) in [5.74, 6) is 1.28. The zero-order valence-electron chi connectivity index (χ0n) is 9.79. The van der Waals surface area contributed by atoms with Crippen molar-refractivity contribution >= 4 is 23.4 Å². The summed E-state index contributed by atoms with van der Waals surface area (Å²) in [6.07, 6.45) is 5.87. The Kier molecular flexibility index (Phi) is 7.14. The molecule has 94 valence electrons. The van der Waals surface area contributed by atoms with Gasteiger partial charge in [0.1, 0.15) is 5.82 Å². The van der Waals surface area contributed by atoms with E-state index in [1.807, 2.05) is 6.07 Å². The summed E-state index contributed by atoms with van der Waals surface area (Å²) < 4.78 is 0. The van der Waals surface area contributed by atoms with Crippen LogP contribution in [0.3, 0.4) is 0 Å². The molecule has 2 amide bonds. The second-order valence-corrected chi connectivity index (χ2v) is 4.08. The third-order valence-electron chi connectivity index (χ3n) is 2.25. The lowest BCUT2D eigenvalue weighted by atomic mass is 10.2. The van der Waals surface area contributed by atoms with E-state index < -0.39 is 0 Å². The molecule has 0 saturated heterocycles. The topological polar surface area (TPSA) is 54.0 Å². The number of anilines is 1. The summed E-state index contributed by atoms with van der Waals surface area (Å²) >= 11 is 5.57. The zero-order chi connectivity index (χ0) is 12.3. The second-order valence-electron chi connectivity index (χ2n) is 3.70. The second kappa shape index (κ2) is 8.82. The first-order chi connectivity index (χ1) is 8.33. The Morgan fingerprint density at radius 3 is 2.76 bits per heavy atom. The molecule has 0 unspecified atom stereocenters. The molecule has 0 radical (unpaired) electrons. The lowest BCUT2D eigenvalue weighted by Crippen LogP contribution is -2.29. The van der Waals surface area contributed by atoms with Crippen LogP contribution in [0.15, 0.2) is 24.4 Å². The maximum absolute atomic E-state index is 11.4. The molecule has 0 aliphatic carbocycles. The largest absolute Gasteiger partial charge is 0.338 e. The highest BCUT2D eigenvalue weighted by atomic mass is 35.5. The fraction of sp³-hybridized carbons (Fsp3) is 0.500. The molecule has 5 heteroatoms. The summed E-state index contributed by atoms with van der Waals surface area (Å²) in [5, 5.41) is 5.45. The third-order valence-corrected chi connectivity index (χ3v) is 2.52. The van der Waals surface area contributed by atoms with E-state index in [2.05, 4.69) is 15.6 Å². The van der Waals surface area contributed by atoms with Crippen molar-refractivity contribution in [3.8, 4) is 0 Å². The van der Waals surface area contributed by atoms with E-state index in [1.165, 1.54) is 0 Å². The Morgan fingerprint density at radius 1 is 1.24 bits per heavy atom. The number of nitrogens with one attached hydrogen (secondary N) is 2. The summed E-state index contributed by atoms with van der Waals surface area (Å²) in [5.41, 5.74) is 0. The van der Waals surface area contributed by atoms with Gasteiger partial charge < -0.3 is 5.32 Å². The number of nitrogens with zero attached hydrogens (tertiary/aromatic N) is 1. The van der Waals surface area contributed by atoms with E-state index in [0.29, 0.717) is 18.2 Å². The van der Waals surface area contributed by atoms with Gasteiger partial charge in [-0.3, -0.25) is 5.32 Å². The predicted molar refractivity (Wildman–Crippen MR) is 70.4 cm³/mol. The lowest BCUT2D eigenvalue weighted by Gasteiger charge is -2.06. The van der Waals surface area contributed by atoms with Crippen molar-refractivity contribution in [2.75, 3.05) is 17.7 Å². The minimum atomic E-state index is -0.207. The number of hydrogen-bond acceptors (Lipinski definition) is 2. The van der Waals surface area contributed by atoms with Crippen molar-refractivity contribution in [2.24, 2.45) is 0 Å².